The highest BCUT2D eigenvalue weighted by molar-refractivity contribution is 6.40. The maximum Gasteiger partial charge on any atom is 0.341 e. The summed E-state index contributed by atoms with van der Waals surface area (Å²) in [6.07, 6.45) is 4.30. The minimum Gasteiger partial charge on any atom is -0.503 e. The molecule has 1 rings (SSSR count). The van der Waals surface area contributed by atoms with E-state index in [9.17, 15) is 4.79 Å². The number of methoxy groups -OCH3 is 2. The smallest absolute Gasteiger partial charge is 0.341 e. The fourth-order valence-corrected chi connectivity index (χ4v) is 1.65. The van der Waals surface area contributed by atoms with Crippen molar-refractivity contribution in [2.45, 2.75) is 20.8 Å². The number of aromatic nitrogens is 1. The molecule has 0 atom stereocenters. The van der Waals surface area contributed by atoms with Crippen molar-refractivity contribution in [3.8, 4) is 5.75 Å². The van der Waals surface area contributed by atoms with Crippen LogP contribution in [0.3, 0.4) is 0 Å². The minimum atomic E-state index is -0.561. The van der Waals surface area contributed by atoms with Crippen LogP contribution in [-0.4, -0.2) is 43.1 Å². The van der Waals surface area contributed by atoms with Gasteiger partial charge in [0.15, 0.2) is 5.75 Å². The summed E-state index contributed by atoms with van der Waals surface area (Å²) in [4.78, 5) is 25.6. The van der Waals surface area contributed by atoms with Gasteiger partial charge in [-0.1, -0.05) is 5.16 Å². The monoisotopic (exact) mass is 319 g/mol. The van der Waals surface area contributed by atoms with E-state index in [-0.39, 0.29) is 5.57 Å². The van der Waals surface area contributed by atoms with Crippen LogP contribution in [0.4, 0.5) is 0 Å². The molecule has 124 valence electrons. The molecule has 7 heteroatoms. The van der Waals surface area contributed by atoms with Gasteiger partial charge < -0.3 is 14.3 Å². The summed E-state index contributed by atoms with van der Waals surface area (Å²) in [5, 5.41) is 4.04. The first-order valence-electron chi connectivity index (χ1n) is 7.03. The zero-order valence-electron chi connectivity index (χ0n) is 14.0. The molecule has 1 heterocycles. The second-order valence-corrected chi connectivity index (χ2v) is 4.46. The Bertz CT molecular complexity index is 636. The number of ether oxygens (including phenoxy) is 2. The van der Waals surface area contributed by atoms with Crippen LogP contribution in [0.15, 0.2) is 34.9 Å². The van der Waals surface area contributed by atoms with Gasteiger partial charge in [-0.25, -0.2) is 4.79 Å². The topological polar surface area (TPSA) is 82.4 Å². The quantitative estimate of drug-likeness (QED) is 0.253. The normalized spacial score (nSPS) is 12.8. The average Bonchev–Trinajstić information content (AvgIpc) is 2.57. The van der Waals surface area contributed by atoms with E-state index in [1.807, 2.05) is 13.8 Å². The molecular formula is C16H21N3O4. The molecule has 0 N–H and O–H groups in total. The Morgan fingerprint density at radius 1 is 1.30 bits per heavy atom. The maximum atomic E-state index is 11.9. The summed E-state index contributed by atoms with van der Waals surface area (Å²) in [6, 6.07) is 1.60. The third-order valence-corrected chi connectivity index (χ3v) is 2.91. The second kappa shape index (κ2) is 9.34. The molecular weight excluding hydrogens is 298 g/mol. The third kappa shape index (κ3) is 5.21. The van der Waals surface area contributed by atoms with E-state index in [0.29, 0.717) is 23.6 Å². The number of hydrogen-bond donors (Lipinski definition) is 0. The summed E-state index contributed by atoms with van der Waals surface area (Å²) < 4.78 is 9.68. The van der Waals surface area contributed by atoms with Crippen molar-refractivity contribution in [3.05, 3.63) is 30.3 Å². The molecule has 0 aliphatic carbocycles. The summed E-state index contributed by atoms with van der Waals surface area (Å²) in [6.45, 7) is 6.25. The van der Waals surface area contributed by atoms with Crippen LogP contribution in [0.1, 0.15) is 26.3 Å². The molecule has 0 unspecified atom stereocenters. The molecule has 0 amide bonds. The van der Waals surface area contributed by atoms with Gasteiger partial charge in [-0.3, -0.25) is 9.98 Å². The molecule has 23 heavy (non-hydrogen) atoms. The average molecular weight is 319 g/mol. The van der Waals surface area contributed by atoms with Gasteiger partial charge in [0.1, 0.15) is 5.57 Å². The largest absolute Gasteiger partial charge is 0.503 e. The predicted octanol–water partition coefficient (Wildman–Crippen LogP) is 2.48. The number of nitrogens with zero attached hydrogens (tertiary/aromatic N) is 3. The minimum absolute atomic E-state index is 0.185. The Kier molecular flexibility index (Phi) is 7.45. The van der Waals surface area contributed by atoms with Crippen molar-refractivity contribution in [2.75, 3.05) is 20.8 Å². The lowest BCUT2D eigenvalue weighted by molar-refractivity contribution is -0.133. The standard InChI is InChI=1S/C16H21N3O4/c1-6-18-11(2)12(3)19-23-15-7-8-17-9-13(15)14(10-21-4)16(20)22-5/h7-10H,6H2,1-5H3/b14-10-,18-11?,19-12+. The Hall–Kier alpha value is -2.70. The molecule has 0 spiro atoms. The van der Waals surface area contributed by atoms with Crippen molar-refractivity contribution in [1.29, 1.82) is 0 Å². The van der Waals surface area contributed by atoms with E-state index in [2.05, 4.69) is 15.1 Å². The zero-order valence-corrected chi connectivity index (χ0v) is 14.0. The van der Waals surface area contributed by atoms with Crippen LogP contribution in [0.25, 0.3) is 5.57 Å². The van der Waals surface area contributed by atoms with E-state index >= 15 is 0 Å². The molecule has 0 saturated heterocycles. The summed E-state index contributed by atoms with van der Waals surface area (Å²) >= 11 is 0. The highest BCUT2D eigenvalue weighted by Gasteiger charge is 2.18. The van der Waals surface area contributed by atoms with Gasteiger partial charge in [0, 0.05) is 25.0 Å². The van der Waals surface area contributed by atoms with Crippen molar-refractivity contribution in [2.24, 2.45) is 10.1 Å². The first kappa shape index (κ1) is 18.3. The van der Waals surface area contributed by atoms with E-state index in [1.165, 1.54) is 26.7 Å². The first-order valence-corrected chi connectivity index (χ1v) is 7.03. The number of aliphatic imine (C=N–C) groups is 1. The molecule has 0 fully saturated rings. The lowest BCUT2D eigenvalue weighted by atomic mass is 10.1. The van der Waals surface area contributed by atoms with Crippen LogP contribution in [-0.2, 0) is 14.3 Å². The fourth-order valence-electron chi connectivity index (χ4n) is 1.65. The van der Waals surface area contributed by atoms with Gasteiger partial charge in [-0.15, -0.1) is 0 Å². The summed E-state index contributed by atoms with van der Waals surface area (Å²) in [5.41, 5.74) is 2.03. The number of hydrogen-bond acceptors (Lipinski definition) is 7. The van der Waals surface area contributed by atoms with Crippen LogP contribution < -0.4 is 4.84 Å². The molecule has 0 aliphatic rings. The van der Waals surface area contributed by atoms with Crippen LogP contribution in [0.2, 0.25) is 0 Å². The van der Waals surface area contributed by atoms with Gasteiger partial charge >= 0.3 is 5.97 Å². The van der Waals surface area contributed by atoms with Crippen molar-refractivity contribution in [3.63, 3.8) is 0 Å². The Labute approximate surface area is 135 Å². The number of carbonyl (C=O) groups is 1. The lowest BCUT2D eigenvalue weighted by Gasteiger charge is -2.09. The van der Waals surface area contributed by atoms with Crippen molar-refractivity contribution >= 4 is 23.0 Å². The molecule has 0 aromatic carbocycles. The van der Waals surface area contributed by atoms with Gasteiger partial charge in [-0.05, 0) is 20.8 Å². The number of pyridine rings is 1. The molecule has 0 radical (unpaired) electrons. The SMILES string of the molecule is CCN=C(C)/C(C)=N/Oc1ccncc1/C(=C/OC)C(=O)OC. The molecule has 7 nitrogen and oxygen atoms in total. The van der Waals surface area contributed by atoms with Gasteiger partial charge in [0.2, 0.25) is 0 Å². The van der Waals surface area contributed by atoms with Gasteiger partial charge in [-0.2, -0.15) is 0 Å². The number of rotatable bonds is 7. The molecule has 1 aromatic heterocycles. The van der Waals surface area contributed by atoms with Crippen molar-refractivity contribution < 1.29 is 19.1 Å². The predicted molar refractivity (Wildman–Crippen MR) is 88.6 cm³/mol. The fraction of sp³-hybridized carbons (Fsp3) is 0.375. The van der Waals surface area contributed by atoms with Gasteiger partial charge in [0.25, 0.3) is 0 Å². The molecule has 0 aliphatic heterocycles. The number of carbonyl (C=O) groups excluding carboxylic acids is 1. The molecule has 0 saturated carbocycles. The third-order valence-electron chi connectivity index (χ3n) is 2.91. The molecule has 0 bridgehead atoms. The number of esters is 1. The maximum absolute atomic E-state index is 11.9. The van der Waals surface area contributed by atoms with Crippen LogP contribution >= 0.6 is 0 Å². The second-order valence-electron chi connectivity index (χ2n) is 4.46. The Balaban J connectivity index is 3.15. The van der Waals surface area contributed by atoms with Crippen LogP contribution in [0, 0.1) is 0 Å². The summed E-state index contributed by atoms with van der Waals surface area (Å²) in [7, 11) is 2.72. The van der Waals surface area contributed by atoms with E-state index in [1.54, 1.807) is 19.2 Å². The highest BCUT2D eigenvalue weighted by Crippen LogP contribution is 2.26. The molecule has 1 aromatic rings. The first-order chi connectivity index (χ1) is 11.0. The Morgan fingerprint density at radius 3 is 2.65 bits per heavy atom. The van der Waals surface area contributed by atoms with Crippen molar-refractivity contribution in [1.82, 2.24) is 4.98 Å². The van der Waals surface area contributed by atoms with E-state index in [4.69, 9.17) is 14.3 Å². The van der Waals surface area contributed by atoms with E-state index < -0.39 is 5.97 Å². The summed E-state index contributed by atoms with van der Waals surface area (Å²) in [5.74, 6) is -0.202. The van der Waals surface area contributed by atoms with E-state index in [0.717, 1.165) is 5.71 Å². The zero-order chi connectivity index (χ0) is 17.2. The van der Waals surface area contributed by atoms with Gasteiger partial charge in [0.05, 0.1) is 37.5 Å². The number of oxime groups is 1. The highest BCUT2D eigenvalue weighted by atomic mass is 16.6. The lowest BCUT2D eigenvalue weighted by Crippen LogP contribution is -2.09. The van der Waals surface area contributed by atoms with Crippen LogP contribution in [0.5, 0.6) is 5.75 Å². The Morgan fingerprint density at radius 2 is 2.04 bits per heavy atom.